The Morgan fingerprint density at radius 3 is 2.74 bits per heavy atom. The Bertz CT molecular complexity index is 685. The van der Waals surface area contributed by atoms with E-state index in [1.54, 1.807) is 0 Å². The molecular formula is C16H14INO. The van der Waals surface area contributed by atoms with Gasteiger partial charge < -0.3 is 9.73 Å². The number of furan rings is 1. The molecule has 1 heterocycles. The summed E-state index contributed by atoms with van der Waals surface area (Å²) in [5, 5.41) is 4.57. The van der Waals surface area contributed by atoms with Crippen LogP contribution in [0.3, 0.4) is 0 Å². The van der Waals surface area contributed by atoms with E-state index in [1.165, 1.54) is 9.13 Å². The first-order valence-electron chi connectivity index (χ1n) is 6.20. The Kier molecular flexibility index (Phi) is 3.46. The predicted molar refractivity (Wildman–Crippen MR) is 87.4 cm³/mol. The van der Waals surface area contributed by atoms with Crippen molar-refractivity contribution in [3.05, 3.63) is 63.4 Å². The van der Waals surface area contributed by atoms with Gasteiger partial charge in [-0.1, -0.05) is 18.2 Å². The third kappa shape index (κ3) is 2.76. The molecule has 19 heavy (non-hydrogen) atoms. The Morgan fingerprint density at radius 2 is 1.95 bits per heavy atom. The van der Waals surface area contributed by atoms with Crippen LogP contribution in [0.5, 0.6) is 0 Å². The molecule has 0 saturated carbocycles. The molecule has 0 radical (unpaired) electrons. The normalized spacial score (nSPS) is 10.8. The molecule has 0 atom stereocenters. The second kappa shape index (κ2) is 5.25. The minimum atomic E-state index is 0.704. The molecule has 0 bridgehead atoms. The van der Waals surface area contributed by atoms with Crippen molar-refractivity contribution in [3.8, 4) is 0 Å². The number of benzene rings is 2. The van der Waals surface area contributed by atoms with Gasteiger partial charge in [-0.05, 0) is 65.4 Å². The fourth-order valence-electron chi connectivity index (χ4n) is 2.13. The highest BCUT2D eigenvalue weighted by Crippen LogP contribution is 2.22. The highest BCUT2D eigenvalue weighted by atomic mass is 127. The summed E-state index contributed by atoms with van der Waals surface area (Å²) in [7, 11) is 0. The van der Waals surface area contributed by atoms with Crippen molar-refractivity contribution in [3.63, 3.8) is 0 Å². The molecule has 96 valence electrons. The largest absolute Gasteiger partial charge is 0.459 e. The molecule has 0 spiro atoms. The summed E-state index contributed by atoms with van der Waals surface area (Å²) in [5.41, 5.74) is 3.35. The van der Waals surface area contributed by atoms with E-state index in [2.05, 4.69) is 65.2 Å². The van der Waals surface area contributed by atoms with Crippen LogP contribution in [0.15, 0.2) is 52.9 Å². The van der Waals surface area contributed by atoms with Gasteiger partial charge in [0, 0.05) is 14.6 Å². The third-order valence-electron chi connectivity index (χ3n) is 3.12. The van der Waals surface area contributed by atoms with Gasteiger partial charge in [-0.3, -0.25) is 0 Å². The van der Waals surface area contributed by atoms with Crippen molar-refractivity contribution >= 4 is 39.2 Å². The minimum Gasteiger partial charge on any atom is -0.459 e. The zero-order valence-corrected chi connectivity index (χ0v) is 12.8. The molecule has 0 aliphatic rings. The van der Waals surface area contributed by atoms with Crippen LogP contribution in [0.25, 0.3) is 11.0 Å². The first-order valence-corrected chi connectivity index (χ1v) is 7.28. The third-order valence-corrected chi connectivity index (χ3v) is 3.79. The number of hydrogen-bond acceptors (Lipinski definition) is 2. The molecule has 0 saturated heterocycles. The number of aryl methyl sites for hydroxylation is 1. The minimum absolute atomic E-state index is 0.704. The lowest BCUT2D eigenvalue weighted by molar-refractivity contribution is 0.559. The van der Waals surface area contributed by atoms with Gasteiger partial charge in [0.15, 0.2) is 0 Å². The molecule has 3 aromatic rings. The highest BCUT2D eigenvalue weighted by molar-refractivity contribution is 14.1. The molecule has 1 N–H and O–H groups in total. The first kappa shape index (κ1) is 12.5. The summed E-state index contributed by atoms with van der Waals surface area (Å²) in [5.74, 6) is 0.958. The molecule has 0 aliphatic heterocycles. The van der Waals surface area contributed by atoms with E-state index in [4.69, 9.17) is 4.42 Å². The van der Waals surface area contributed by atoms with E-state index in [0.29, 0.717) is 6.54 Å². The fraction of sp³-hybridized carbons (Fsp3) is 0.125. The molecule has 2 nitrogen and oxygen atoms in total. The molecule has 0 amide bonds. The Balaban J connectivity index is 1.78. The number of nitrogens with one attached hydrogen (secondary N) is 1. The van der Waals surface area contributed by atoms with Crippen molar-refractivity contribution < 1.29 is 4.42 Å². The molecular weight excluding hydrogens is 349 g/mol. The summed E-state index contributed by atoms with van der Waals surface area (Å²) >= 11 is 2.33. The van der Waals surface area contributed by atoms with E-state index in [0.717, 1.165) is 22.4 Å². The van der Waals surface area contributed by atoms with Crippen LogP contribution in [0.1, 0.15) is 11.3 Å². The lowest BCUT2D eigenvalue weighted by Gasteiger charge is -2.08. The summed E-state index contributed by atoms with van der Waals surface area (Å²) in [6.45, 7) is 2.82. The number of rotatable bonds is 3. The van der Waals surface area contributed by atoms with Crippen molar-refractivity contribution in [1.29, 1.82) is 0 Å². The monoisotopic (exact) mass is 363 g/mol. The number of hydrogen-bond donors (Lipinski definition) is 1. The van der Waals surface area contributed by atoms with Gasteiger partial charge in [-0.2, -0.15) is 0 Å². The van der Waals surface area contributed by atoms with Crippen LogP contribution >= 0.6 is 22.6 Å². The second-order valence-corrected chi connectivity index (χ2v) is 5.81. The van der Waals surface area contributed by atoms with Gasteiger partial charge in [0.25, 0.3) is 0 Å². The standard InChI is InChI=1S/C16H14INO/c1-11-8-13(17)6-7-15(11)18-10-14-9-12-4-2-3-5-16(12)19-14/h2-9,18H,10H2,1H3. The Hall–Kier alpha value is -1.49. The topological polar surface area (TPSA) is 25.2 Å². The van der Waals surface area contributed by atoms with Crippen LogP contribution in [0.2, 0.25) is 0 Å². The molecule has 3 heteroatoms. The number of para-hydroxylation sites is 1. The maximum atomic E-state index is 5.79. The first-order chi connectivity index (χ1) is 9.22. The average Bonchev–Trinajstić information content (AvgIpc) is 2.80. The van der Waals surface area contributed by atoms with Crippen molar-refractivity contribution in [2.75, 3.05) is 5.32 Å². The molecule has 0 unspecified atom stereocenters. The van der Waals surface area contributed by atoms with Crippen LogP contribution in [0, 0.1) is 10.5 Å². The van der Waals surface area contributed by atoms with Gasteiger partial charge in [0.05, 0.1) is 6.54 Å². The number of anilines is 1. The van der Waals surface area contributed by atoms with Crippen LogP contribution in [0.4, 0.5) is 5.69 Å². The average molecular weight is 363 g/mol. The zero-order chi connectivity index (χ0) is 13.2. The van der Waals surface area contributed by atoms with E-state index in [-0.39, 0.29) is 0 Å². The zero-order valence-electron chi connectivity index (χ0n) is 10.6. The van der Waals surface area contributed by atoms with Crippen LogP contribution in [-0.4, -0.2) is 0 Å². The Morgan fingerprint density at radius 1 is 1.11 bits per heavy atom. The maximum absolute atomic E-state index is 5.79. The maximum Gasteiger partial charge on any atom is 0.134 e. The quantitative estimate of drug-likeness (QED) is 0.666. The SMILES string of the molecule is Cc1cc(I)ccc1NCc1cc2ccccc2o1. The van der Waals surface area contributed by atoms with Gasteiger partial charge in [-0.15, -0.1) is 0 Å². The van der Waals surface area contributed by atoms with E-state index in [1.807, 2.05) is 18.2 Å². The second-order valence-electron chi connectivity index (χ2n) is 4.56. The van der Waals surface area contributed by atoms with Crippen LogP contribution < -0.4 is 5.32 Å². The lowest BCUT2D eigenvalue weighted by Crippen LogP contribution is -1.99. The summed E-state index contributed by atoms with van der Waals surface area (Å²) in [6, 6.07) is 16.6. The van der Waals surface area contributed by atoms with Gasteiger partial charge in [-0.25, -0.2) is 0 Å². The lowest BCUT2D eigenvalue weighted by atomic mass is 10.2. The summed E-state index contributed by atoms with van der Waals surface area (Å²) < 4.78 is 7.04. The van der Waals surface area contributed by atoms with Gasteiger partial charge in [0.2, 0.25) is 0 Å². The predicted octanol–water partition coefficient (Wildman–Crippen LogP) is 4.96. The van der Waals surface area contributed by atoms with Crippen molar-refractivity contribution in [2.45, 2.75) is 13.5 Å². The summed E-state index contributed by atoms with van der Waals surface area (Å²) in [4.78, 5) is 0. The highest BCUT2D eigenvalue weighted by Gasteiger charge is 2.04. The van der Waals surface area contributed by atoms with E-state index in [9.17, 15) is 0 Å². The molecule has 0 fully saturated rings. The van der Waals surface area contributed by atoms with Crippen molar-refractivity contribution in [2.24, 2.45) is 0 Å². The number of fused-ring (bicyclic) bond motifs is 1. The summed E-state index contributed by atoms with van der Waals surface area (Å²) in [6.07, 6.45) is 0. The van der Waals surface area contributed by atoms with Gasteiger partial charge in [0.1, 0.15) is 11.3 Å². The number of halogens is 1. The van der Waals surface area contributed by atoms with Crippen LogP contribution in [-0.2, 0) is 6.54 Å². The van der Waals surface area contributed by atoms with E-state index < -0.39 is 0 Å². The van der Waals surface area contributed by atoms with E-state index >= 15 is 0 Å². The molecule has 0 aliphatic carbocycles. The molecule has 1 aromatic heterocycles. The molecule has 3 rings (SSSR count). The Labute approximate surface area is 126 Å². The molecule has 2 aromatic carbocycles. The smallest absolute Gasteiger partial charge is 0.134 e. The fourth-order valence-corrected chi connectivity index (χ4v) is 2.78. The van der Waals surface area contributed by atoms with Gasteiger partial charge >= 0.3 is 0 Å². The van der Waals surface area contributed by atoms with Crippen molar-refractivity contribution in [1.82, 2.24) is 0 Å².